The first-order valence-corrected chi connectivity index (χ1v) is 8.47. The van der Waals surface area contributed by atoms with Crippen molar-refractivity contribution in [2.24, 2.45) is 4.99 Å². The standard InChI is InChI=1S/C12H14BrIN2S/c1-2-9-5-6-17-12(15-9)16-11-4-3-8(14)7-10(11)13/h3-4,7,9H,2,5-6H2,1H3,(H,15,16). The van der Waals surface area contributed by atoms with Crippen LogP contribution in [0.15, 0.2) is 27.7 Å². The smallest absolute Gasteiger partial charge is 0.161 e. The van der Waals surface area contributed by atoms with Gasteiger partial charge in [0.05, 0.1) is 11.7 Å². The highest BCUT2D eigenvalue weighted by Crippen LogP contribution is 2.27. The van der Waals surface area contributed by atoms with Crippen LogP contribution in [-0.4, -0.2) is 17.0 Å². The molecular weight excluding hydrogens is 411 g/mol. The van der Waals surface area contributed by atoms with Gasteiger partial charge >= 0.3 is 0 Å². The lowest BCUT2D eigenvalue weighted by molar-refractivity contribution is 0.634. The van der Waals surface area contributed by atoms with Crippen LogP contribution in [-0.2, 0) is 0 Å². The number of hydrogen-bond donors (Lipinski definition) is 1. The summed E-state index contributed by atoms with van der Waals surface area (Å²) >= 11 is 7.69. The van der Waals surface area contributed by atoms with Crippen molar-refractivity contribution in [3.63, 3.8) is 0 Å². The maximum absolute atomic E-state index is 4.70. The second kappa shape index (κ2) is 6.43. The van der Waals surface area contributed by atoms with E-state index in [-0.39, 0.29) is 0 Å². The number of amidine groups is 1. The SMILES string of the molecule is CCC1CCSC(Nc2ccc(I)cc2Br)=N1. The molecular formula is C12H14BrIN2S. The Labute approximate surface area is 128 Å². The summed E-state index contributed by atoms with van der Waals surface area (Å²) in [6.45, 7) is 2.20. The van der Waals surface area contributed by atoms with Crippen molar-refractivity contribution < 1.29 is 0 Å². The number of thioether (sulfide) groups is 1. The average molecular weight is 425 g/mol. The molecule has 92 valence electrons. The minimum Gasteiger partial charge on any atom is -0.334 e. The molecule has 1 N–H and O–H groups in total. The number of nitrogens with one attached hydrogen (secondary N) is 1. The normalized spacial score (nSPS) is 19.9. The lowest BCUT2D eigenvalue weighted by atomic mass is 10.2. The molecule has 1 unspecified atom stereocenters. The van der Waals surface area contributed by atoms with Gasteiger partial charge in [-0.3, -0.25) is 4.99 Å². The van der Waals surface area contributed by atoms with Crippen molar-refractivity contribution in [3.05, 3.63) is 26.2 Å². The molecule has 1 aromatic rings. The Morgan fingerprint density at radius 3 is 3.12 bits per heavy atom. The third-order valence-electron chi connectivity index (χ3n) is 2.63. The number of nitrogens with zero attached hydrogens (tertiary/aromatic N) is 1. The largest absolute Gasteiger partial charge is 0.334 e. The summed E-state index contributed by atoms with van der Waals surface area (Å²) in [5, 5.41) is 4.45. The van der Waals surface area contributed by atoms with Gasteiger partial charge in [0.2, 0.25) is 0 Å². The van der Waals surface area contributed by atoms with Crippen molar-refractivity contribution in [1.82, 2.24) is 0 Å². The van der Waals surface area contributed by atoms with Crippen molar-refractivity contribution >= 4 is 61.1 Å². The summed E-state index contributed by atoms with van der Waals surface area (Å²) < 4.78 is 2.32. The molecule has 17 heavy (non-hydrogen) atoms. The molecule has 0 aromatic heterocycles. The Morgan fingerprint density at radius 2 is 2.41 bits per heavy atom. The van der Waals surface area contributed by atoms with Gasteiger partial charge in [-0.1, -0.05) is 18.7 Å². The molecule has 0 bridgehead atoms. The number of rotatable bonds is 2. The first-order chi connectivity index (χ1) is 8.19. The Hall–Kier alpha value is 0.250. The molecule has 2 nitrogen and oxygen atoms in total. The van der Waals surface area contributed by atoms with E-state index >= 15 is 0 Å². The molecule has 1 heterocycles. The highest BCUT2D eigenvalue weighted by molar-refractivity contribution is 14.1. The van der Waals surface area contributed by atoms with Gasteiger partial charge in [-0.15, -0.1) is 0 Å². The zero-order valence-electron chi connectivity index (χ0n) is 9.54. The van der Waals surface area contributed by atoms with Crippen LogP contribution in [0.2, 0.25) is 0 Å². The zero-order chi connectivity index (χ0) is 12.3. The molecule has 0 radical (unpaired) electrons. The molecule has 5 heteroatoms. The van der Waals surface area contributed by atoms with Crippen molar-refractivity contribution in [2.75, 3.05) is 11.1 Å². The predicted octanol–water partition coefficient (Wildman–Crippen LogP) is 4.74. The third-order valence-corrected chi connectivity index (χ3v) is 4.88. The Balaban J connectivity index is 2.12. The summed E-state index contributed by atoms with van der Waals surface area (Å²) in [7, 11) is 0. The Kier molecular flexibility index (Phi) is 5.17. The molecule has 0 aliphatic carbocycles. The number of benzene rings is 1. The van der Waals surface area contributed by atoms with E-state index in [0.29, 0.717) is 6.04 Å². The summed E-state index contributed by atoms with van der Waals surface area (Å²) in [6, 6.07) is 6.78. The van der Waals surface area contributed by atoms with Gasteiger partial charge in [0.25, 0.3) is 0 Å². The lowest BCUT2D eigenvalue weighted by Gasteiger charge is -2.20. The van der Waals surface area contributed by atoms with E-state index < -0.39 is 0 Å². The summed E-state index contributed by atoms with van der Waals surface area (Å²) in [5.41, 5.74) is 1.09. The quantitative estimate of drug-likeness (QED) is 0.693. The molecule has 0 spiro atoms. The van der Waals surface area contributed by atoms with Crippen LogP contribution in [0, 0.1) is 3.57 Å². The van der Waals surface area contributed by atoms with Gasteiger partial charge < -0.3 is 5.32 Å². The zero-order valence-corrected chi connectivity index (χ0v) is 14.1. The average Bonchev–Trinajstić information content (AvgIpc) is 2.33. The molecule has 0 amide bonds. The third kappa shape index (κ3) is 3.86. The second-order valence-electron chi connectivity index (χ2n) is 3.88. The van der Waals surface area contributed by atoms with Crippen LogP contribution in [0.3, 0.4) is 0 Å². The van der Waals surface area contributed by atoms with Gasteiger partial charge in [0, 0.05) is 13.8 Å². The number of aliphatic imine (C=N–C) groups is 1. The minimum atomic E-state index is 0.487. The number of anilines is 1. The van der Waals surface area contributed by atoms with Crippen molar-refractivity contribution in [3.8, 4) is 0 Å². The molecule has 2 rings (SSSR count). The van der Waals surface area contributed by atoms with Crippen LogP contribution in [0.1, 0.15) is 19.8 Å². The highest BCUT2D eigenvalue weighted by Gasteiger charge is 2.14. The fraction of sp³-hybridized carbons (Fsp3) is 0.417. The molecule has 1 atom stereocenters. The molecule has 1 aliphatic heterocycles. The molecule has 0 fully saturated rings. The first kappa shape index (κ1) is 13.7. The summed E-state index contributed by atoms with van der Waals surface area (Å²) in [5.74, 6) is 1.16. The van der Waals surface area contributed by atoms with Gasteiger partial charge in [-0.2, -0.15) is 0 Å². The van der Waals surface area contributed by atoms with Gasteiger partial charge in [0.1, 0.15) is 0 Å². The topological polar surface area (TPSA) is 24.4 Å². The molecule has 0 saturated carbocycles. The van der Waals surface area contributed by atoms with E-state index in [9.17, 15) is 0 Å². The maximum atomic E-state index is 4.70. The Morgan fingerprint density at radius 1 is 1.59 bits per heavy atom. The van der Waals surface area contributed by atoms with Gasteiger partial charge in [0.15, 0.2) is 5.17 Å². The summed E-state index contributed by atoms with van der Waals surface area (Å²) in [4.78, 5) is 4.70. The van der Waals surface area contributed by atoms with Crippen molar-refractivity contribution in [2.45, 2.75) is 25.8 Å². The van der Waals surface area contributed by atoms with Crippen molar-refractivity contribution in [1.29, 1.82) is 0 Å². The Bertz CT molecular complexity index is 437. The van der Waals surface area contributed by atoms with Crippen LogP contribution < -0.4 is 5.32 Å². The fourth-order valence-corrected chi connectivity index (χ4v) is 4.02. The number of halogens is 2. The van der Waals surface area contributed by atoms with Crippen LogP contribution in [0.5, 0.6) is 0 Å². The van der Waals surface area contributed by atoms with E-state index in [0.717, 1.165) is 27.5 Å². The number of hydrogen-bond acceptors (Lipinski definition) is 3. The van der Waals surface area contributed by atoms with E-state index in [4.69, 9.17) is 4.99 Å². The fourth-order valence-electron chi connectivity index (χ4n) is 1.63. The highest BCUT2D eigenvalue weighted by atomic mass is 127. The van der Waals surface area contributed by atoms with Gasteiger partial charge in [-0.05, 0) is 69.6 Å². The van der Waals surface area contributed by atoms with E-state index in [1.807, 2.05) is 0 Å². The summed E-state index contributed by atoms with van der Waals surface area (Å²) in [6.07, 6.45) is 2.32. The molecule has 0 saturated heterocycles. The molecule has 1 aliphatic rings. The van der Waals surface area contributed by atoms with E-state index in [1.54, 1.807) is 11.8 Å². The van der Waals surface area contributed by atoms with E-state index in [1.165, 1.54) is 9.99 Å². The monoisotopic (exact) mass is 424 g/mol. The van der Waals surface area contributed by atoms with Crippen LogP contribution >= 0.6 is 50.3 Å². The predicted molar refractivity (Wildman–Crippen MR) is 89.1 cm³/mol. The maximum Gasteiger partial charge on any atom is 0.161 e. The second-order valence-corrected chi connectivity index (χ2v) is 7.07. The van der Waals surface area contributed by atoms with Crippen LogP contribution in [0.4, 0.5) is 5.69 Å². The first-order valence-electron chi connectivity index (χ1n) is 5.61. The van der Waals surface area contributed by atoms with E-state index in [2.05, 4.69) is 69.0 Å². The lowest BCUT2D eigenvalue weighted by Crippen LogP contribution is -2.19. The molecule has 1 aromatic carbocycles. The van der Waals surface area contributed by atoms with Gasteiger partial charge in [-0.25, -0.2) is 0 Å². The minimum absolute atomic E-state index is 0.487. The van der Waals surface area contributed by atoms with Crippen LogP contribution in [0.25, 0.3) is 0 Å².